The summed E-state index contributed by atoms with van der Waals surface area (Å²) in [5.74, 6) is 2.86. The van der Waals surface area contributed by atoms with Crippen LogP contribution in [0.2, 0.25) is 0 Å². The van der Waals surface area contributed by atoms with Crippen LogP contribution in [-0.4, -0.2) is 32.4 Å². The number of imidazole rings is 1. The number of nitrogens with zero attached hydrogens (tertiary/aromatic N) is 3. The fraction of sp³-hybridized carbons (Fsp3) is 0.500. The number of fused-ring (bicyclic) bond motifs is 1. The molecule has 0 fully saturated rings. The SMILES string of the molecule is CSCCCn1c(CCCl)nc2cnccc21. The Labute approximate surface area is 111 Å². The van der Waals surface area contributed by atoms with Gasteiger partial charge in [-0.2, -0.15) is 11.8 Å². The van der Waals surface area contributed by atoms with E-state index in [1.165, 1.54) is 11.3 Å². The fourth-order valence-electron chi connectivity index (χ4n) is 1.92. The van der Waals surface area contributed by atoms with E-state index < -0.39 is 0 Å². The van der Waals surface area contributed by atoms with Gasteiger partial charge >= 0.3 is 0 Å². The zero-order valence-electron chi connectivity index (χ0n) is 9.90. The van der Waals surface area contributed by atoms with Crippen LogP contribution in [0.15, 0.2) is 18.5 Å². The van der Waals surface area contributed by atoms with E-state index in [4.69, 9.17) is 11.6 Å². The summed E-state index contributed by atoms with van der Waals surface area (Å²) in [6.45, 7) is 1.01. The van der Waals surface area contributed by atoms with Crippen molar-refractivity contribution >= 4 is 34.4 Å². The summed E-state index contributed by atoms with van der Waals surface area (Å²) in [5, 5.41) is 0. The molecule has 3 nitrogen and oxygen atoms in total. The van der Waals surface area contributed by atoms with Gasteiger partial charge in [0.1, 0.15) is 11.3 Å². The first-order chi connectivity index (χ1) is 8.36. The Balaban J connectivity index is 2.30. The summed E-state index contributed by atoms with van der Waals surface area (Å²) < 4.78 is 2.27. The monoisotopic (exact) mass is 269 g/mol. The molecule has 0 radical (unpaired) electrons. The summed E-state index contributed by atoms with van der Waals surface area (Å²) in [4.78, 5) is 8.70. The van der Waals surface area contributed by atoms with Gasteiger partial charge in [0.25, 0.3) is 0 Å². The lowest BCUT2D eigenvalue weighted by Crippen LogP contribution is -2.05. The molecule has 0 spiro atoms. The maximum absolute atomic E-state index is 5.82. The van der Waals surface area contributed by atoms with Crippen LogP contribution in [0.3, 0.4) is 0 Å². The highest BCUT2D eigenvalue weighted by atomic mass is 35.5. The predicted molar refractivity (Wildman–Crippen MR) is 75.0 cm³/mol. The summed E-state index contributed by atoms with van der Waals surface area (Å²) in [6.07, 6.45) is 7.74. The van der Waals surface area contributed by atoms with Gasteiger partial charge in [-0.25, -0.2) is 4.98 Å². The van der Waals surface area contributed by atoms with Gasteiger partial charge in [0.15, 0.2) is 0 Å². The molecule has 0 aliphatic rings. The van der Waals surface area contributed by atoms with Crippen LogP contribution in [0.1, 0.15) is 12.2 Å². The van der Waals surface area contributed by atoms with E-state index in [2.05, 4.69) is 20.8 Å². The Morgan fingerprint density at radius 2 is 2.35 bits per heavy atom. The lowest BCUT2D eigenvalue weighted by molar-refractivity contribution is 0.665. The molecule has 2 heterocycles. The van der Waals surface area contributed by atoms with E-state index in [1.807, 2.05) is 30.2 Å². The Bertz CT molecular complexity index is 484. The number of aromatic nitrogens is 3. The van der Waals surface area contributed by atoms with Gasteiger partial charge in [0.05, 0.1) is 11.7 Å². The van der Waals surface area contributed by atoms with Gasteiger partial charge in [-0.15, -0.1) is 11.6 Å². The fourth-order valence-corrected chi connectivity index (χ4v) is 2.51. The minimum Gasteiger partial charge on any atom is -0.328 e. The highest BCUT2D eigenvalue weighted by Crippen LogP contribution is 2.16. The molecule has 5 heteroatoms. The number of rotatable bonds is 6. The zero-order valence-corrected chi connectivity index (χ0v) is 11.5. The quantitative estimate of drug-likeness (QED) is 0.597. The van der Waals surface area contributed by atoms with Gasteiger partial charge in [0, 0.05) is 25.0 Å². The van der Waals surface area contributed by atoms with E-state index in [9.17, 15) is 0 Å². The summed E-state index contributed by atoms with van der Waals surface area (Å²) in [6, 6.07) is 2.03. The lowest BCUT2D eigenvalue weighted by Gasteiger charge is -2.07. The van der Waals surface area contributed by atoms with Crippen molar-refractivity contribution in [2.45, 2.75) is 19.4 Å². The molecule has 2 aromatic heterocycles. The maximum Gasteiger partial charge on any atom is 0.111 e. The van der Waals surface area contributed by atoms with E-state index in [1.54, 1.807) is 0 Å². The van der Waals surface area contributed by atoms with Gasteiger partial charge in [-0.1, -0.05) is 0 Å². The first kappa shape index (κ1) is 12.7. The molecule has 0 amide bonds. The van der Waals surface area contributed by atoms with Crippen molar-refractivity contribution in [3.05, 3.63) is 24.3 Å². The van der Waals surface area contributed by atoms with Crippen molar-refractivity contribution in [2.75, 3.05) is 17.9 Å². The first-order valence-corrected chi connectivity index (χ1v) is 7.63. The molecule has 0 aromatic carbocycles. The minimum atomic E-state index is 0.610. The molecule has 0 saturated heterocycles. The normalized spacial score (nSPS) is 11.2. The summed E-state index contributed by atoms with van der Waals surface area (Å²) in [7, 11) is 0. The highest BCUT2D eigenvalue weighted by Gasteiger charge is 2.09. The number of alkyl halides is 1. The number of halogens is 1. The van der Waals surface area contributed by atoms with Gasteiger partial charge in [0.2, 0.25) is 0 Å². The highest BCUT2D eigenvalue weighted by molar-refractivity contribution is 7.98. The van der Waals surface area contributed by atoms with Crippen molar-refractivity contribution in [3.63, 3.8) is 0 Å². The van der Waals surface area contributed by atoms with E-state index in [0.29, 0.717) is 5.88 Å². The molecular formula is C12H16ClN3S. The van der Waals surface area contributed by atoms with Crippen LogP contribution in [0.4, 0.5) is 0 Å². The smallest absolute Gasteiger partial charge is 0.111 e. The molecule has 2 rings (SSSR count). The molecule has 0 N–H and O–H groups in total. The first-order valence-electron chi connectivity index (χ1n) is 5.71. The molecule has 0 unspecified atom stereocenters. The molecule has 17 heavy (non-hydrogen) atoms. The third-order valence-electron chi connectivity index (χ3n) is 2.68. The van der Waals surface area contributed by atoms with Crippen molar-refractivity contribution < 1.29 is 0 Å². The van der Waals surface area contributed by atoms with E-state index >= 15 is 0 Å². The lowest BCUT2D eigenvalue weighted by atomic mass is 10.3. The van der Waals surface area contributed by atoms with Crippen LogP contribution in [0.25, 0.3) is 11.0 Å². The molecule has 0 aliphatic carbocycles. The van der Waals surface area contributed by atoms with Crippen LogP contribution >= 0.6 is 23.4 Å². The van der Waals surface area contributed by atoms with Gasteiger partial charge in [-0.3, -0.25) is 4.98 Å². The molecule has 0 bridgehead atoms. The van der Waals surface area contributed by atoms with Crippen LogP contribution < -0.4 is 0 Å². The third-order valence-corrected chi connectivity index (χ3v) is 3.56. The zero-order chi connectivity index (χ0) is 12.1. The van der Waals surface area contributed by atoms with Crippen LogP contribution in [0.5, 0.6) is 0 Å². The Kier molecular flexibility index (Phi) is 4.68. The van der Waals surface area contributed by atoms with Gasteiger partial charge < -0.3 is 4.57 Å². The molecule has 2 aromatic rings. The second-order valence-electron chi connectivity index (χ2n) is 3.83. The standard InChI is InChI=1S/C12H16ClN3S/c1-17-8-2-7-16-11-4-6-14-9-10(11)15-12(16)3-5-13/h4,6,9H,2-3,5,7-8H2,1H3. The second-order valence-corrected chi connectivity index (χ2v) is 5.19. The van der Waals surface area contributed by atoms with Crippen molar-refractivity contribution in [1.82, 2.24) is 14.5 Å². The third kappa shape index (κ3) is 2.93. The molecule has 0 saturated carbocycles. The maximum atomic E-state index is 5.82. The van der Waals surface area contributed by atoms with Crippen molar-refractivity contribution in [3.8, 4) is 0 Å². The second kappa shape index (κ2) is 6.26. The topological polar surface area (TPSA) is 30.7 Å². The van der Waals surface area contributed by atoms with E-state index in [-0.39, 0.29) is 0 Å². The molecule has 0 atom stereocenters. The summed E-state index contributed by atoms with van der Waals surface area (Å²) in [5.41, 5.74) is 2.14. The molecular weight excluding hydrogens is 254 g/mol. The predicted octanol–water partition coefficient (Wildman–Crippen LogP) is 2.97. The number of hydrogen-bond donors (Lipinski definition) is 0. The molecule has 0 aliphatic heterocycles. The number of pyridine rings is 1. The average molecular weight is 270 g/mol. The van der Waals surface area contributed by atoms with Crippen molar-refractivity contribution in [1.29, 1.82) is 0 Å². The largest absolute Gasteiger partial charge is 0.328 e. The number of aryl methyl sites for hydroxylation is 2. The van der Waals surface area contributed by atoms with E-state index in [0.717, 1.165) is 30.7 Å². The summed E-state index contributed by atoms with van der Waals surface area (Å²) >= 11 is 7.70. The number of thioether (sulfide) groups is 1. The van der Waals surface area contributed by atoms with Crippen LogP contribution in [0, 0.1) is 0 Å². The van der Waals surface area contributed by atoms with Crippen molar-refractivity contribution in [2.24, 2.45) is 0 Å². The van der Waals surface area contributed by atoms with Gasteiger partial charge in [-0.05, 0) is 24.5 Å². The average Bonchev–Trinajstić information content (AvgIpc) is 2.69. The Hall–Kier alpha value is -0.740. The van der Waals surface area contributed by atoms with Crippen LogP contribution in [-0.2, 0) is 13.0 Å². The molecule has 92 valence electrons. The Morgan fingerprint density at radius 1 is 1.47 bits per heavy atom. The minimum absolute atomic E-state index is 0.610. The number of hydrogen-bond acceptors (Lipinski definition) is 3. The Morgan fingerprint density at radius 3 is 3.12 bits per heavy atom.